The van der Waals surface area contributed by atoms with Gasteiger partial charge in [0, 0.05) is 0 Å². The number of unbranched alkanes of at least 4 members (excludes halogenated alkanes) is 2. The van der Waals surface area contributed by atoms with Crippen molar-refractivity contribution in [2.24, 2.45) is 5.92 Å². The topological polar surface area (TPSA) is 12.5 Å². The molecular formula is C11H20O. The third-order valence-corrected chi connectivity index (χ3v) is 3.33. The SMILES string of the molecule is CCCCCC1CCCC2OC12. The van der Waals surface area contributed by atoms with Crippen molar-refractivity contribution in [3.63, 3.8) is 0 Å². The van der Waals surface area contributed by atoms with Crippen LogP contribution in [0.3, 0.4) is 0 Å². The standard InChI is InChI=1S/C11H20O/c1-2-3-4-6-9-7-5-8-10-11(9)12-10/h9-11H,2-8H2,1H3. The lowest BCUT2D eigenvalue weighted by atomic mass is 9.85. The average molecular weight is 168 g/mol. The van der Waals surface area contributed by atoms with Crippen LogP contribution >= 0.6 is 0 Å². The van der Waals surface area contributed by atoms with E-state index >= 15 is 0 Å². The molecule has 1 saturated carbocycles. The van der Waals surface area contributed by atoms with E-state index in [0.717, 1.165) is 5.92 Å². The maximum atomic E-state index is 5.62. The van der Waals surface area contributed by atoms with Crippen LogP contribution < -0.4 is 0 Å². The summed E-state index contributed by atoms with van der Waals surface area (Å²) in [6.07, 6.45) is 11.2. The number of hydrogen-bond acceptors (Lipinski definition) is 1. The molecule has 0 aromatic carbocycles. The van der Waals surface area contributed by atoms with Gasteiger partial charge in [0.15, 0.2) is 0 Å². The summed E-state index contributed by atoms with van der Waals surface area (Å²) >= 11 is 0. The lowest BCUT2D eigenvalue weighted by Gasteiger charge is -2.17. The van der Waals surface area contributed by atoms with Crippen molar-refractivity contribution < 1.29 is 4.74 Å². The van der Waals surface area contributed by atoms with E-state index in [2.05, 4.69) is 6.92 Å². The van der Waals surface area contributed by atoms with Crippen LogP contribution in [0.2, 0.25) is 0 Å². The van der Waals surface area contributed by atoms with Gasteiger partial charge in [0.25, 0.3) is 0 Å². The van der Waals surface area contributed by atoms with Crippen LogP contribution in [0.5, 0.6) is 0 Å². The minimum absolute atomic E-state index is 0.686. The Hall–Kier alpha value is -0.0400. The van der Waals surface area contributed by atoms with Crippen molar-refractivity contribution in [2.45, 2.75) is 64.1 Å². The highest BCUT2D eigenvalue weighted by Gasteiger charge is 2.46. The van der Waals surface area contributed by atoms with E-state index in [-0.39, 0.29) is 0 Å². The molecule has 0 bridgehead atoms. The van der Waals surface area contributed by atoms with Gasteiger partial charge in [-0.2, -0.15) is 0 Å². The fourth-order valence-corrected chi connectivity index (χ4v) is 2.51. The molecule has 1 heterocycles. The summed E-state index contributed by atoms with van der Waals surface area (Å²) in [5, 5.41) is 0. The van der Waals surface area contributed by atoms with Gasteiger partial charge in [-0.3, -0.25) is 0 Å². The number of epoxide rings is 1. The largest absolute Gasteiger partial charge is 0.369 e. The third kappa shape index (κ3) is 1.82. The summed E-state index contributed by atoms with van der Waals surface area (Å²) in [5.41, 5.74) is 0. The molecule has 1 aliphatic carbocycles. The quantitative estimate of drug-likeness (QED) is 0.464. The Kier molecular flexibility index (Phi) is 2.69. The summed E-state index contributed by atoms with van der Waals surface area (Å²) in [6, 6.07) is 0. The Morgan fingerprint density at radius 3 is 3.00 bits per heavy atom. The van der Waals surface area contributed by atoms with Crippen LogP contribution in [-0.4, -0.2) is 12.2 Å². The number of rotatable bonds is 4. The molecule has 1 saturated heterocycles. The maximum absolute atomic E-state index is 5.62. The van der Waals surface area contributed by atoms with Gasteiger partial charge in [-0.25, -0.2) is 0 Å². The monoisotopic (exact) mass is 168 g/mol. The van der Waals surface area contributed by atoms with E-state index in [9.17, 15) is 0 Å². The van der Waals surface area contributed by atoms with E-state index in [0.29, 0.717) is 12.2 Å². The molecule has 2 aliphatic rings. The van der Waals surface area contributed by atoms with E-state index in [1.54, 1.807) is 0 Å². The molecule has 0 spiro atoms. The zero-order valence-electron chi connectivity index (χ0n) is 8.09. The Balaban J connectivity index is 1.66. The molecule has 0 aromatic heterocycles. The molecule has 0 N–H and O–H groups in total. The highest BCUT2D eigenvalue weighted by molar-refractivity contribution is 4.94. The smallest absolute Gasteiger partial charge is 0.0869 e. The van der Waals surface area contributed by atoms with Crippen molar-refractivity contribution in [3.05, 3.63) is 0 Å². The van der Waals surface area contributed by atoms with Gasteiger partial charge in [0.1, 0.15) is 0 Å². The number of ether oxygens (including phenoxy) is 1. The van der Waals surface area contributed by atoms with Gasteiger partial charge in [-0.05, 0) is 25.2 Å². The van der Waals surface area contributed by atoms with Gasteiger partial charge in [0.2, 0.25) is 0 Å². The summed E-state index contributed by atoms with van der Waals surface area (Å²) in [4.78, 5) is 0. The van der Waals surface area contributed by atoms with Gasteiger partial charge >= 0.3 is 0 Å². The molecule has 1 nitrogen and oxygen atoms in total. The summed E-state index contributed by atoms with van der Waals surface area (Å²) in [6.45, 7) is 2.28. The van der Waals surface area contributed by atoms with E-state index in [4.69, 9.17) is 4.74 Å². The molecule has 1 aliphatic heterocycles. The lowest BCUT2D eigenvalue weighted by molar-refractivity contribution is 0.302. The fraction of sp³-hybridized carbons (Fsp3) is 1.00. The Morgan fingerprint density at radius 1 is 1.25 bits per heavy atom. The maximum Gasteiger partial charge on any atom is 0.0869 e. The highest BCUT2D eigenvalue weighted by Crippen LogP contribution is 2.42. The number of fused-ring (bicyclic) bond motifs is 1. The molecule has 1 heteroatoms. The molecular weight excluding hydrogens is 148 g/mol. The number of hydrogen-bond donors (Lipinski definition) is 0. The molecule has 3 atom stereocenters. The first-order valence-corrected chi connectivity index (χ1v) is 5.57. The minimum Gasteiger partial charge on any atom is -0.369 e. The van der Waals surface area contributed by atoms with E-state index < -0.39 is 0 Å². The fourth-order valence-electron chi connectivity index (χ4n) is 2.51. The summed E-state index contributed by atoms with van der Waals surface area (Å²) in [7, 11) is 0. The van der Waals surface area contributed by atoms with Crippen LogP contribution in [0, 0.1) is 5.92 Å². The first kappa shape index (κ1) is 8.55. The normalized spacial score (nSPS) is 39.2. The van der Waals surface area contributed by atoms with Crippen LogP contribution in [0.4, 0.5) is 0 Å². The third-order valence-electron chi connectivity index (χ3n) is 3.33. The zero-order valence-corrected chi connectivity index (χ0v) is 8.09. The Labute approximate surface area is 75.5 Å². The lowest BCUT2D eigenvalue weighted by Crippen LogP contribution is -2.15. The van der Waals surface area contributed by atoms with E-state index in [1.807, 2.05) is 0 Å². The van der Waals surface area contributed by atoms with Crippen molar-refractivity contribution >= 4 is 0 Å². The van der Waals surface area contributed by atoms with E-state index in [1.165, 1.54) is 44.9 Å². The first-order chi connectivity index (χ1) is 5.92. The van der Waals surface area contributed by atoms with Crippen molar-refractivity contribution in [1.29, 1.82) is 0 Å². The second kappa shape index (κ2) is 3.78. The van der Waals surface area contributed by atoms with Crippen LogP contribution in [0.15, 0.2) is 0 Å². The second-order valence-electron chi connectivity index (χ2n) is 4.33. The highest BCUT2D eigenvalue weighted by atomic mass is 16.6. The second-order valence-corrected chi connectivity index (χ2v) is 4.33. The van der Waals surface area contributed by atoms with Crippen molar-refractivity contribution in [1.82, 2.24) is 0 Å². The zero-order chi connectivity index (χ0) is 8.39. The first-order valence-electron chi connectivity index (χ1n) is 5.57. The van der Waals surface area contributed by atoms with Crippen LogP contribution in [0.1, 0.15) is 51.9 Å². The Morgan fingerprint density at radius 2 is 2.17 bits per heavy atom. The Bertz CT molecular complexity index is 144. The molecule has 0 aromatic rings. The predicted molar refractivity (Wildman–Crippen MR) is 50.1 cm³/mol. The van der Waals surface area contributed by atoms with Gasteiger partial charge in [-0.15, -0.1) is 0 Å². The minimum atomic E-state index is 0.686. The molecule has 2 fully saturated rings. The summed E-state index contributed by atoms with van der Waals surface area (Å²) < 4.78 is 5.62. The predicted octanol–water partition coefficient (Wildman–Crippen LogP) is 3.13. The van der Waals surface area contributed by atoms with Crippen molar-refractivity contribution in [3.8, 4) is 0 Å². The molecule has 12 heavy (non-hydrogen) atoms. The molecule has 3 unspecified atom stereocenters. The van der Waals surface area contributed by atoms with Gasteiger partial charge < -0.3 is 4.74 Å². The average Bonchev–Trinajstić information content (AvgIpc) is 2.84. The van der Waals surface area contributed by atoms with Gasteiger partial charge in [-0.1, -0.05) is 32.6 Å². The molecule has 70 valence electrons. The van der Waals surface area contributed by atoms with Crippen LogP contribution in [0.25, 0.3) is 0 Å². The molecule has 2 rings (SSSR count). The van der Waals surface area contributed by atoms with Crippen molar-refractivity contribution in [2.75, 3.05) is 0 Å². The van der Waals surface area contributed by atoms with Crippen LogP contribution in [-0.2, 0) is 4.74 Å². The molecule has 0 radical (unpaired) electrons. The van der Waals surface area contributed by atoms with Gasteiger partial charge in [0.05, 0.1) is 12.2 Å². The molecule has 0 amide bonds. The summed E-state index contributed by atoms with van der Waals surface area (Å²) in [5.74, 6) is 0.926.